The van der Waals surface area contributed by atoms with Crippen LogP contribution in [0.4, 0.5) is 0 Å². The van der Waals surface area contributed by atoms with E-state index in [0.717, 1.165) is 56.9 Å². The number of carbonyl (C=O) groups excluding carboxylic acids is 1. The standard InChI is InChI=1S/C26H40O5/c1-16-17-8-9-19-24(4)11-7-12-25(5,22(28)29)18(24)10-13-26(19,14-17)21(16)31-20(27)15-23(2,3)30-6/h17-19,21H,1,7-15H2,2-6H3,(H,28,29). The molecule has 7 atom stereocenters. The number of methoxy groups -OCH3 is 1. The SMILES string of the molecule is C=C1C2CCC3C4(C)CCCC(C)(C(=O)O)C4CCC3(C2)C1OC(=O)CC(C)(C)OC. The molecule has 4 aliphatic carbocycles. The first-order chi connectivity index (χ1) is 14.4. The third kappa shape index (κ3) is 3.29. The molecule has 4 rings (SSSR count). The van der Waals surface area contributed by atoms with Crippen LogP contribution in [0.2, 0.25) is 0 Å². The van der Waals surface area contributed by atoms with Gasteiger partial charge in [0.1, 0.15) is 6.10 Å². The predicted octanol–water partition coefficient (Wildman–Crippen LogP) is 5.38. The Kier molecular flexibility index (Phi) is 5.39. The maximum Gasteiger partial charge on any atom is 0.309 e. The van der Waals surface area contributed by atoms with E-state index in [1.165, 1.54) is 0 Å². The maximum absolute atomic E-state index is 12.9. The zero-order valence-corrected chi connectivity index (χ0v) is 20.0. The summed E-state index contributed by atoms with van der Waals surface area (Å²) < 4.78 is 11.7. The first-order valence-electron chi connectivity index (χ1n) is 12.1. The van der Waals surface area contributed by atoms with Gasteiger partial charge in [0, 0.05) is 12.5 Å². The fourth-order valence-corrected chi connectivity index (χ4v) is 8.37. The van der Waals surface area contributed by atoms with Gasteiger partial charge in [-0.05, 0) is 94.5 Å². The molecule has 31 heavy (non-hydrogen) atoms. The minimum absolute atomic E-state index is 0.0321. The minimum Gasteiger partial charge on any atom is -0.481 e. The second kappa shape index (κ2) is 7.33. The van der Waals surface area contributed by atoms with Gasteiger partial charge in [0.25, 0.3) is 0 Å². The van der Waals surface area contributed by atoms with Crippen molar-refractivity contribution in [1.29, 1.82) is 0 Å². The van der Waals surface area contributed by atoms with Crippen LogP contribution in [-0.4, -0.2) is 35.9 Å². The molecular weight excluding hydrogens is 392 g/mol. The highest BCUT2D eigenvalue weighted by Gasteiger charge is 2.68. The van der Waals surface area contributed by atoms with Crippen LogP contribution in [-0.2, 0) is 19.1 Å². The van der Waals surface area contributed by atoms with E-state index in [9.17, 15) is 14.7 Å². The molecule has 0 aliphatic heterocycles. The van der Waals surface area contributed by atoms with Gasteiger partial charge < -0.3 is 14.6 Å². The Bertz CT molecular complexity index is 787. The van der Waals surface area contributed by atoms with Crippen molar-refractivity contribution in [1.82, 2.24) is 0 Å². The zero-order valence-electron chi connectivity index (χ0n) is 20.0. The van der Waals surface area contributed by atoms with E-state index in [1.54, 1.807) is 7.11 Å². The van der Waals surface area contributed by atoms with E-state index < -0.39 is 17.0 Å². The quantitative estimate of drug-likeness (QED) is 0.467. The number of ether oxygens (including phenoxy) is 2. The summed E-state index contributed by atoms with van der Waals surface area (Å²) in [5.74, 6) is 0.107. The van der Waals surface area contributed by atoms with Gasteiger partial charge in [-0.25, -0.2) is 0 Å². The van der Waals surface area contributed by atoms with E-state index >= 15 is 0 Å². The van der Waals surface area contributed by atoms with Crippen LogP contribution in [0.25, 0.3) is 0 Å². The molecule has 0 aromatic heterocycles. The molecule has 174 valence electrons. The molecule has 0 aromatic rings. The second-order valence-corrected chi connectivity index (χ2v) is 12.0. The van der Waals surface area contributed by atoms with Gasteiger partial charge in [-0.1, -0.05) is 19.9 Å². The van der Waals surface area contributed by atoms with E-state index in [2.05, 4.69) is 13.5 Å². The summed E-state index contributed by atoms with van der Waals surface area (Å²) in [6.07, 6.45) is 7.79. The molecule has 0 amide bonds. The number of carboxylic acids is 1. The predicted molar refractivity (Wildman–Crippen MR) is 118 cm³/mol. The van der Waals surface area contributed by atoms with Crippen molar-refractivity contribution in [2.24, 2.45) is 34.0 Å². The number of hydrogen-bond acceptors (Lipinski definition) is 4. The molecule has 0 aromatic carbocycles. The molecule has 4 saturated carbocycles. The summed E-state index contributed by atoms with van der Waals surface area (Å²) in [5, 5.41) is 10.1. The minimum atomic E-state index is -0.657. The molecule has 5 heteroatoms. The fraction of sp³-hybridized carbons (Fsp3) is 0.846. The molecular formula is C26H40O5. The van der Waals surface area contributed by atoms with E-state index in [0.29, 0.717) is 11.8 Å². The number of carbonyl (C=O) groups is 2. The topological polar surface area (TPSA) is 72.8 Å². The lowest BCUT2D eigenvalue weighted by Crippen LogP contribution is -2.60. The van der Waals surface area contributed by atoms with Crippen LogP contribution >= 0.6 is 0 Å². The van der Waals surface area contributed by atoms with Crippen LogP contribution in [0.15, 0.2) is 12.2 Å². The molecule has 0 heterocycles. The van der Waals surface area contributed by atoms with E-state index in [-0.39, 0.29) is 35.2 Å². The smallest absolute Gasteiger partial charge is 0.309 e. The van der Waals surface area contributed by atoms with Crippen molar-refractivity contribution < 1.29 is 24.2 Å². The number of esters is 1. The van der Waals surface area contributed by atoms with Crippen LogP contribution in [0, 0.1) is 34.0 Å². The van der Waals surface area contributed by atoms with Gasteiger partial charge in [0.05, 0.1) is 17.4 Å². The summed E-state index contributed by atoms with van der Waals surface area (Å²) in [4.78, 5) is 25.2. The molecule has 4 aliphatic rings. The fourth-order valence-electron chi connectivity index (χ4n) is 8.37. The lowest BCUT2D eigenvalue weighted by Gasteiger charge is -2.63. The first-order valence-corrected chi connectivity index (χ1v) is 12.1. The number of hydrogen-bond donors (Lipinski definition) is 1. The summed E-state index contributed by atoms with van der Waals surface area (Å²) in [6, 6.07) is 0. The summed E-state index contributed by atoms with van der Waals surface area (Å²) >= 11 is 0. The third-order valence-electron chi connectivity index (χ3n) is 10.0. The highest BCUT2D eigenvalue weighted by Crippen LogP contribution is 2.72. The highest BCUT2D eigenvalue weighted by molar-refractivity contribution is 5.75. The molecule has 2 bridgehead atoms. The summed E-state index contributed by atoms with van der Waals surface area (Å²) in [7, 11) is 1.62. The normalized spacial score (nSPS) is 44.4. The van der Waals surface area contributed by atoms with Crippen molar-refractivity contribution >= 4 is 11.9 Å². The summed E-state index contributed by atoms with van der Waals surface area (Å²) in [6.45, 7) is 12.5. The van der Waals surface area contributed by atoms with Gasteiger partial charge in [-0.2, -0.15) is 0 Å². The zero-order chi connectivity index (χ0) is 22.8. The van der Waals surface area contributed by atoms with Gasteiger partial charge in [-0.15, -0.1) is 0 Å². The Labute approximate surface area is 186 Å². The second-order valence-electron chi connectivity index (χ2n) is 12.0. The van der Waals surface area contributed by atoms with Crippen LogP contribution in [0.3, 0.4) is 0 Å². The van der Waals surface area contributed by atoms with E-state index in [4.69, 9.17) is 9.47 Å². The number of carboxylic acid groups (broad SMARTS) is 1. The van der Waals surface area contributed by atoms with Crippen LogP contribution in [0.5, 0.6) is 0 Å². The summed E-state index contributed by atoms with van der Waals surface area (Å²) in [5.41, 5.74) is -0.246. The van der Waals surface area contributed by atoms with Crippen molar-refractivity contribution in [2.75, 3.05) is 7.11 Å². The van der Waals surface area contributed by atoms with Gasteiger partial charge in [0.15, 0.2) is 0 Å². The lowest BCUT2D eigenvalue weighted by atomic mass is 9.40. The third-order valence-corrected chi connectivity index (χ3v) is 10.0. The van der Waals surface area contributed by atoms with Crippen molar-refractivity contribution in [3.63, 3.8) is 0 Å². The monoisotopic (exact) mass is 432 g/mol. The lowest BCUT2D eigenvalue weighted by molar-refractivity contribution is -0.197. The van der Waals surface area contributed by atoms with Crippen molar-refractivity contribution in [3.8, 4) is 0 Å². The average Bonchev–Trinajstić information content (AvgIpc) is 2.87. The Morgan fingerprint density at radius 1 is 1.13 bits per heavy atom. The average molecular weight is 433 g/mol. The van der Waals surface area contributed by atoms with Gasteiger partial charge in [-0.3, -0.25) is 9.59 Å². The molecule has 1 spiro atoms. The van der Waals surface area contributed by atoms with Gasteiger partial charge in [0.2, 0.25) is 0 Å². The Morgan fingerprint density at radius 3 is 2.48 bits per heavy atom. The Balaban J connectivity index is 1.66. The van der Waals surface area contributed by atoms with Crippen LogP contribution in [0.1, 0.15) is 85.5 Å². The molecule has 7 unspecified atom stereocenters. The first kappa shape index (κ1) is 22.8. The number of aliphatic carboxylic acids is 1. The van der Waals surface area contributed by atoms with Crippen molar-refractivity contribution in [3.05, 3.63) is 12.2 Å². The Morgan fingerprint density at radius 2 is 1.84 bits per heavy atom. The van der Waals surface area contributed by atoms with Crippen LogP contribution < -0.4 is 0 Å². The maximum atomic E-state index is 12.9. The molecule has 0 radical (unpaired) electrons. The van der Waals surface area contributed by atoms with E-state index in [1.807, 2.05) is 20.8 Å². The molecule has 4 fully saturated rings. The largest absolute Gasteiger partial charge is 0.481 e. The molecule has 5 nitrogen and oxygen atoms in total. The Hall–Kier alpha value is -1.36. The van der Waals surface area contributed by atoms with Gasteiger partial charge >= 0.3 is 11.9 Å². The number of rotatable bonds is 5. The number of fused-ring (bicyclic) bond motifs is 3. The molecule has 0 saturated heterocycles. The van der Waals surface area contributed by atoms with Crippen molar-refractivity contribution in [2.45, 2.75) is 97.2 Å². The molecule has 1 N–H and O–H groups in total. The highest BCUT2D eigenvalue weighted by atomic mass is 16.5.